The van der Waals surface area contributed by atoms with Crippen LogP contribution in [0, 0.1) is 0 Å². The van der Waals surface area contributed by atoms with Gasteiger partial charge in [-0.05, 0) is 19.4 Å². The SMILES string of the molecule is Cl.Cn1cc(C(=O)NC2CCCNC2)cn1. The number of nitrogens with one attached hydrogen (secondary N) is 2. The van der Waals surface area contributed by atoms with E-state index in [1.807, 2.05) is 0 Å². The van der Waals surface area contributed by atoms with Crippen LogP contribution in [0.4, 0.5) is 0 Å². The van der Waals surface area contributed by atoms with E-state index in [9.17, 15) is 4.79 Å². The Kier molecular flexibility index (Phi) is 4.76. The van der Waals surface area contributed by atoms with Crippen LogP contribution in [0.2, 0.25) is 0 Å². The number of hydrogen-bond acceptors (Lipinski definition) is 3. The van der Waals surface area contributed by atoms with Crippen molar-refractivity contribution in [2.45, 2.75) is 18.9 Å². The summed E-state index contributed by atoms with van der Waals surface area (Å²) in [7, 11) is 1.80. The summed E-state index contributed by atoms with van der Waals surface area (Å²) >= 11 is 0. The highest BCUT2D eigenvalue weighted by molar-refractivity contribution is 5.93. The zero-order valence-corrected chi connectivity index (χ0v) is 10.1. The van der Waals surface area contributed by atoms with Crippen LogP contribution in [0.3, 0.4) is 0 Å². The molecule has 1 aromatic rings. The molecular formula is C10H17ClN4O. The molecule has 1 aliphatic rings. The molecule has 6 heteroatoms. The van der Waals surface area contributed by atoms with Crippen molar-refractivity contribution in [1.82, 2.24) is 20.4 Å². The first-order valence-electron chi connectivity index (χ1n) is 5.26. The Labute approximate surface area is 101 Å². The predicted octanol–water partition coefficient (Wildman–Crippen LogP) is 0.324. The number of nitrogens with zero attached hydrogens (tertiary/aromatic N) is 2. The minimum Gasteiger partial charge on any atom is -0.348 e. The van der Waals surface area contributed by atoms with Crippen molar-refractivity contribution in [3.05, 3.63) is 18.0 Å². The van der Waals surface area contributed by atoms with Gasteiger partial charge in [-0.1, -0.05) is 0 Å². The summed E-state index contributed by atoms with van der Waals surface area (Å²) in [4.78, 5) is 11.7. The zero-order valence-electron chi connectivity index (χ0n) is 9.27. The lowest BCUT2D eigenvalue weighted by molar-refractivity contribution is 0.0930. The molecule has 1 unspecified atom stereocenters. The monoisotopic (exact) mass is 244 g/mol. The Morgan fingerprint density at radius 3 is 3.06 bits per heavy atom. The van der Waals surface area contributed by atoms with E-state index < -0.39 is 0 Å². The van der Waals surface area contributed by atoms with Gasteiger partial charge >= 0.3 is 0 Å². The molecule has 1 aromatic heterocycles. The van der Waals surface area contributed by atoms with Crippen LogP contribution in [-0.4, -0.2) is 34.8 Å². The number of rotatable bonds is 2. The molecule has 2 rings (SSSR count). The number of halogens is 1. The van der Waals surface area contributed by atoms with Gasteiger partial charge in [0.2, 0.25) is 0 Å². The molecule has 16 heavy (non-hydrogen) atoms. The average Bonchev–Trinajstić information content (AvgIpc) is 2.66. The third-order valence-electron chi connectivity index (χ3n) is 2.60. The lowest BCUT2D eigenvalue weighted by Crippen LogP contribution is -2.45. The summed E-state index contributed by atoms with van der Waals surface area (Å²) in [5.41, 5.74) is 0.628. The highest BCUT2D eigenvalue weighted by Gasteiger charge is 2.16. The smallest absolute Gasteiger partial charge is 0.254 e. The molecule has 1 fully saturated rings. The maximum atomic E-state index is 11.7. The molecule has 0 saturated carbocycles. The molecule has 1 saturated heterocycles. The van der Waals surface area contributed by atoms with E-state index >= 15 is 0 Å². The molecule has 0 radical (unpaired) electrons. The summed E-state index contributed by atoms with van der Waals surface area (Å²) in [6, 6.07) is 0.256. The van der Waals surface area contributed by atoms with Gasteiger partial charge in [-0.25, -0.2) is 0 Å². The second kappa shape index (κ2) is 5.86. The molecule has 0 aromatic carbocycles. The molecular weight excluding hydrogens is 228 g/mol. The van der Waals surface area contributed by atoms with Crippen LogP contribution in [-0.2, 0) is 7.05 Å². The molecule has 1 atom stereocenters. The topological polar surface area (TPSA) is 59.0 Å². The Bertz CT molecular complexity index is 346. The minimum absolute atomic E-state index is 0. The van der Waals surface area contributed by atoms with Gasteiger partial charge in [0.15, 0.2) is 0 Å². The quantitative estimate of drug-likeness (QED) is 0.788. The summed E-state index contributed by atoms with van der Waals surface area (Å²) in [6.07, 6.45) is 5.49. The van der Waals surface area contributed by atoms with E-state index in [1.165, 1.54) is 0 Å². The minimum atomic E-state index is -0.0307. The summed E-state index contributed by atoms with van der Waals surface area (Å²) < 4.78 is 1.63. The van der Waals surface area contributed by atoms with Gasteiger partial charge < -0.3 is 10.6 Å². The van der Waals surface area contributed by atoms with Crippen molar-refractivity contribution in [3.8, 4) is 0 Å². The third-order valence-corrected chi connectivity index (χ3v) is 2.60. The van der Waals surface area contributed by atoms with Crippen LogP contribution in [0.5, 0.6) is 0 Å². The number of piperidine rings is 1. The average molecular weight is 245 g/mol. The van der Waals surface area contributed by atoms with E-state index in [4.69, 9.17) is 0 Å². The third kappa shape index (κ3) is 3.21. The largest absolute Gasteiger partial charge is 0.348 e. The molecule has 90 valence electrons. The van der Waals surface area contributed by atoms with E-state index in [1.54, 1.807) is 24.1 Å². The van der Waals surface area contributed by atoms with Gasteiger partial charge in [0.25, 0.3) is 5.91 Å². The van der Waals surface area contributed by atoms with E-state index in [0.29, 0.717) is 5.56 Å². The first-order valence-corrected chi connectivity index (χ1v) is 5.26. The Balaban J connectivity index is 0.00000128. The maximum Gasteiger partial charge on any atom is 0.254 e. The summed E-state index contributed by atoms with van der Waals surface area (Å²) in [5, 5.41) is 10.2. The van der Waals surface area contributed by atoms with Gasteiger partial charge in [0, 0.05) is 25.8 Å². The van der Waals surface area contributed by atoms with E-state index in [0.717, 1.165) is 25.9 Å². The van der Waals surface area contributed by atoms with Gasteiger partial charge in [-0.15, -0.1) is 12.4 Å². The Morgan fingerprint density at radius 2 is 2.50 bits per heavy atom. The van der Waals surface area contributed by atoms with Crippen molar-refractivity contribution in [1.29, 1.82) is 0 Å². The molecule has 0 aliphatic carbocycles. The summed E-state index contributed by atoms with van der Waals surface area (Å²) in [6.45, 7) is 1.92. The molecule has 1 amide bonds. The predicted molar refractivity (Wildman–Crippen MR) is 63.8 cm³/mol. The fourth-order valence-corrected chi connectivity index (χ4v) is 1.78. The van der Waals surface area contributed by atoms with Crippen LogP contribution in [0.1, 0.15) is 23.2 Å². The van der Waals surface area contributed by atoms with E-state index in [-0.39, 0.29) is 24.4 Å². The molecule has 5 nitrogen and oxygen atoms in total. The molecule has 0 bridgehead atoms. The number of aryl methyl sites for hydroxylation is 1. The molecule has 1 aliphatic heterocycles. The molecule has 2 N–H and O–H groups in total. The van der Waals surface area contributed by atoms with Gasteiger partial charge in [0.1, 0.15) is 0 Å². The zero-order chi connectivity index (χ0) is 10.7. The van der Waals surface area contributed by atoms with Crippen LogP contribution >= 0.6 is 12.4 Å². The molecule has 2 heterocycles. The van der Waals surface area contributed by atoms with Gasteiger partial charge in [-0.3, -0.25) is 9.48 Å². The van der Waals surface area contributed by atoms with Crippen LogP contribution in [0.25, 0.3) is 0 Å². The molecule has 0 spiro atoms. The highest BCUT2D eigenvalue weighted by atomic mass is 35.5. The summed E-state index contributed by atoms with van der Waals surface area (Å²) in [5.74, 6) is -0.0307. The number of carbonyl (C=O) groups is 1. The number of amides is 1. The lowest BCUT2D eigenvalue weighted by atomic mass is 10.1. The second-order valence-corrected chi connectivity index (χ2v) is 3.92. The van der Waals surface area contributed by atoms with Crippen molar-refractivity contribution in [2.75, 3.05) is 13.1 Å². The van der Waals surface area contributed by atoms with Crippen molar-refractivity contribution in [2.24, 2.45) is 7.05 Å². The Hall–Kier alpha value is -1.07. The van der Waals surface area contributed by atoms with Crippen LogP contribution in [0.15, 0.2) is 12.4 Å². The van der Waals surface area contributed by atoms with Crippen LogP contribution < -0.4 is 10.6 Å². The number of hydrogen-bond donors (Lipinski definition) is 2. The lowest BCUT2D eigenvalue weighted by Gasteiger charge is -2.23. The fourth-order valence-electron chi connectivity index (χ4n) is 1.78. The number of carbonyl (C=O) groups excluding carboxylic acids is 1. The van der Waals surface area contributed by atoms with Crippen molar-refractivity contribution in [3.63, 3.8) is 0 Å². The highest BCUT2D eigenvalue weighted by Crippen LogP contribution is 2.03. The van der Waals surface area contributed by atoms with Crippen molar-refractivity contribution < 1.29 is 4.79 Å². The Morgan fingerprint density at radius 1 is 1.69 bits per heavy atom. The first-order chi connectivity index (χ1) is 7.25. The van der Waals surface area contributed by atoms with Gasteiger partial charge in [0.05, 0.1) is 11.8 Å². The first kappa shape index (κ1) is 13.0. The normalized spacial score (nSPS) is 19.9. The number of aromatic nitrogens is 2. The standard InChI is InChI=1S/C10H16N4O.ClH/c1-14-7-8(5-12-14)10(15)13-9-3-2-4-11-6-9;/h5,7,9,11H,2-4,6H2,1H3,(H,13,15);1H. The van der Waals surface area contributed by atoms with E-state index in [2.05, 4.69) is 15.7 Å². The maximum absolute atomic E-state index is 11.7. The van der Waals surface area contributed by atoms with Crippen molar-refractivity contribution >= 4 is 18.3 Å². The van der Waals surface area contributed by atoms with Gasteiger partial charge in [-0.2, -0.15) is 5.10 Å². The fraction of sp³-hybridized carbons (Fsp3) is 0.600. The second-order valence-electron chi connectivity index (χ2n) is 3.92.